The minimum atomic E-state index is -0.762. The number of ether oxygens (including phenoxy) is 2. The van der Waals surface area contributed by atoms with Crippen LogP contribution < -0.4 is 9.47 Å². The van der Waals surface area contributed by atoms with Gasteiger partial charge in [0.15, 0.2) is 0 Å². The number of imide groups is 1. The van der Waals surface area contributed by atoms with Gasteiger partial charge in [0.2, 0.25) is 0 Å². The van der Waals surface area contributed by atoms with Crippen LogP contribution in [0.25, 0.3) is 16.8 Å². The van der Waals surface area contributed by atoms with Crippen molar-refractivity contribution in [3.8, 4) is 11.5 Å². The smallest absolute Gasteiger partial charge is 0.343 e. The van der Waals surface area contributed by atoms with E-state index in [0.29, 0.717) is 11.3 Å². The van der Waals surface area contributed by atoms with Gasteiger partial charge in [-0.05, 0) is 53.1 Å². The molecule has 0 saturated carbocycles. The molecule has 0 N–H and O–H groups in total. The Morgan fingerprint density at radius 2 is 1.72 bits per heavy atom. The third-order valence-corrected chi connectivity index (χ3v) is 6.76. The zero-order valence-corrected chi connectivity index (χ0v) is 21.1. The molecule has 0 aromatic heterocycles. The van der Waals surface area contributed by atoms with Crippen LogP contribution in [0, 0.1) is 10.1 Å². The summed E-state index contributed by atoms with van der Waals surface area (Å²) in [7, 11) is 0. The molecule has 39 heavy (non-hydrogen) atoms. The molecular formula is C29H20N2O7S. The molecule has 4 aromatic carbocycles. The second-order valence-electron chi connectivity index (χ2n) is 8.43. The Bertz CT molecular complexity index is 1640. The van der Waals surface area contributed by atoms with E-state index >= 15 is 0 Å². The molecule has 10 heteroatoms. The molecule has 1 heterocycles. The van der Waals surface area contributed by atoms with Gasteiger partial charge < -0.3 is 9.47 Å². The first-order valence-corrected chi connectivity index (χ1v) is 12.6. The van der Waals surface area contributed by atoms with Crippen molar-refractivity contribution in [3.63, 3.8) is 0 Å². The van der Waals surface area contributed by atoms with Crippen LogP contribution in [0.15, 0.2) is 95.9 Å². The Kier molecular flexibility index (Phi) is 7.37. The fourth-order valence-corrected chi connectivity index (χ4v) is 4.86. The van der Waals surface area contributed by atoms with Crippen molar-refractivity contribution in [1.29, 1.82) is 0 Å². The molecule has 4 aromatic rings. The molecular weight excluding hydrogens is 520 g/mol. The van der Waals surface area contributed by atoms with E-state index in [0.717, 1.165) is 33.5 Å². The summed E-state index contributed by atoms with van der Waals surface area (Å²) in [6, 6.07) is 25.1. The number of nitro groups is 1. The number of esters is 1. The number of non-ortho nitro benzene ring substituents is 1. The molecule has 9 nitrogen and oxygen atoms in total. The van der Waals surface area contributed by atoms with Crippen LogP contribution in [0.2, 0.25) is 0 Å². The van der Waals surface area contributed by atoms with Gasteiger partial charge >= 0.3 is 5.97 Å². The van der Waals surface area contributed by atoms with E-state index < -0.39 is 22.0 Å². The van der Waals surface area contributed by atoms with E-state index in [1.807, 2.05) is 42.5 Å². The van der Waals surface area contributed by atoms with Gasteiger partial charge in [0.25, 0.3) is 16.8 Å². The lowest BCUT2D eigenvalue weighted by Gasteiger charge is -2.14. The zero-order valence-electron chi connectivity index (χ0n) is 20.3. The molecule has 0 radical (unpaired) electrons. The van der Waals surface area contributed by atoms with Crippen molar-refractivity contribution in [2.45, 2.75) is 0 Å². The summed E-state index contributed by atoms with van der Waals surface area (Å²) < 4.78 is 11.2. The predicted molar refractivity (Wildman–Crippen MR) is 147 cm³/mol. The molecule has 194 valence electrons. The van der Waals surface area contributed by atoms with E-state index in [2.05, 4.69) is 0 Å². The molecule has 0 atom stereocenters. The number of nitro benzene ring substituents is 1. The molecule has 0 aliphatic carbocycles. The van der Waals surface area contributed by atoms with Gasteiger partial charge in [-0.15, -0.1) is 0 Å². The van der Waals surface area contributed by atoms with Gasteiger partial charge in [-0.25, -0.2) is 4.79 Å². The van der Waals surface area contributed by atoms with Crippen molar-refractivity contribution >= 4 is 51.4 Å². The zero-order chi connectivity index (χ0) is 27.4. The molecule has 1 aliphatic rings. The fraction of sp³-hybridized carbons (Fsp3) is 0.0690. The van der Waals surface area contributed by atoms with Crippen molar-refractivity contribution < 1.29 is 28.8 Å². The topological polar surface area (TPSA) is 116 Å². The molecule has 1 aliphatic heterocycles. The number of benzene rings is 4. The highest BCUT2D eigenvalue weighted by Gasteiger charge is 2.34. The van der Waals surface area contributed by atoms with Gasteiger partial charge in [-0.2, -0.15) is 0 Å². The van der Waals surface area contributed by atoms with E-state index in [1.54, 1.807) is 24.3 Å². The summed E-state index contributed by atoms with van der Waals surface area (Å²) in [5.74, 6) is -0.345. The first-order chi connectivity index (χ1) is 18.9. The number of carbonyl (C=O) groups excluding carboxylic acids is 3. The van der Waals surface area contributed by atoms with Gasteiger partial charge in [0.05, 0.1) is 21.9 Å². The highest BCUT2D eigenvalue weighted by molar-refractivity contribution is 8.18. The monoisotopic (exact) mass is 540 g/mol. The van der Waals surface area contributed by atoms with Crippen LogP contribution in [-0.2, 0) is 4.79 Å². The molecule has 1 fully saturated rings. The summed E-state index contributed by atoms with van der Waals surface area (Å²) in [5.41, 5.74) is 0.342. The molecule has 0 unspecified atom stereocenters. The summed E-state index contributed by atoms with van der Waals surface area (Å²) in [6.07, 6.45) is 1.54. The normalized spacial score (nSPS) is 14.2. The van der Waals surface area contributed by atoms with Crippen LogP contribution in [0.4, 0.5) is 10.5 Å². The first-order valence-electron chi connectivity index (χ1n) is 11.8. The van der Waals surface area contributed by atoms with Crippen LogP contribution >= 0.6 is 11.8 Å². The number of nitrogens with zero attached hydrogens (tertiary/aromatic N) is 2. The van der Waals surface area contributed by atoms with Gasteiger partial charge in [-0.1, -0.05) is 54.6 Å². The summed E-state index contributed by atoms with van der Waals surface area (Å²) in [6.45, 7) is 0.231. The Labute approximate surface area is 226 Å². The van der Waals surface area contributed by atoms with Crippen molar-refractivity contribution in [2.75, 3.05) is 13.2 Å². The highest BCUT2D eigenvalue weighted by atomic mass is 32.2. The average Bonchev–Trinajstić information content (AvgIpc) is 3.20. The minimum Gasteiger partial charge on any atom is -0.491 e. The van der Waals surface area contributed by atoms with Crippen molar-refractivity contribution in [2.24, 2.45) is 0 Å². The van der Waals surface area contributed by atoms with Crippen LogP contribution in [0.1, 0.15) is 15.9 Å². The first kappa shape index (κ1) is 25.7. The lowest BCUT2D eigenvalue weighted by Crippen LogP contribution is -2.32. The number of hydrogen-bond acceptors (Lipinski definition) is 8. The second-order valence-corrected chi connectivity index (χ2v) is 9.42. The van der Waals surface area contributed by atoms with E-state index in [1.165, 1.54) is 24.3 Å². The minimum absolute atomic E-state index is 0.0291. The average molecular weight is 541 g/mol. The number of carbonyl (C=O) groups is 3. The summed E-state index contributed by atoms with van der Waals surface area (Å²) >= 11 is 0.818. The fourth-order valence-electron chi connectivity index (χ4n) is 3.99. The second kappa shape index (κ2) is 11.2. The molecule has 5 rings (SSSR count). The highest BCUT2D eigenvalue weighted by Crippen LogP contribution is 2.33. The van der Waals surface area contributed by atoms with Crippen molar-refractivity contribution in [1.82, 2.24) is 4.90 Å². The van der Waals surface area contributed by atoms with Crippen molar-refractivity contribution in [3.05, 3.63) is 117 Å². The number of amides is 2. The largest absolute Gasteiger partial charge is 0.491 e. The standard InChI is InChI=1S/C29H20N2O7S/c32-27-26(39-29(34)30(27)14-15-37-25-13-5-8-20-7-1-2-12-24(20)25)17-19-6-3-11-23(16-19)38-28(33)21-9-4-10-22(18-21)31(35)36/h1-13,16-18H,14-15H2/b26-17-. The molecule has 0 bridgehead atoms. The molecule has 1 saturated heterocycles. The van der Waals surface area contributed by atoms with E-state index in [-0.39, 0.29) is 35.1 Å². The van der Waals surface area contributed by atoms with Crippen LogP contribution in [0.5, 0.6) is 11.5 Å². The Morgan fingerprint density at radius 3 is 2.56 bits per heavy atom. The SMILES string of the molecule is O=C(Oc1cccc(/C=C2\SC(=O)N(CCOc3cccc4ccccc34)C2=O)c1)c1cccc([N+](=O)[O-])c1. The third-order valence-electron chi connectivity index (χ3n) is 5.85. The van der Waals surface area contributed by atoms with Gasteiger partial charge in [0.1, 0.15) is 18.1 Å². The maximum absolute atomic E-state index is 12.9. The Morgan fingerprint density at radius 1 is 0.949 bits per heavy atom. The lowest BCUT2D eigenvalue weighted by atomic mass is 10.1. The number of rotatable bonds is 8. The maximum Gasteiger partial charge on any atom is 0.343 e. The summed E-state index contributed by atoms with van der Waals surface area (Å²) in [4.78, 5) is 49.7. The Balaban J connectivity index is 1.24. The third kappa shape index (κ3) is 5.81. The van der Waals surface area contributed by atoms with Crippen LogP contribution in [-0.4, -0.2) is 40.1 Å². The molecule has 0 spiro atoms. The quantitative estimate of drug-likeness (QED) is 0.0868. The molecule has 2 amide bonds. The number of fused-ring (bicyclic) bond motifs is 1. The van der Waals surface area contributed by atoms with E-state index in [9.17, 15) is 24.5 Å². The number of thioether (sulfide) groups is 1. The van der Waals surface area contributed by atoms with E-state index in [4.69, 9.17) is 9.47 Å². The van der Waals surface area contributed by atoms with Gasteiger partial charge in [-0.3, -0.25) is 24.6 Å². The maximum atomic E-state index is 12.9. The van der Waals surface area contributed by atoms with Crippen LogP contribution in [0.3, 0.4) is 0 Å². The summed E-state index contributed by atoms with van der Waals surface area (Å²) in [5, 5.41) is 12.5. The number of hydrogen-bond donors (Lipinski definition) is 0. The van der Waals surface area contributed by atoms with Gasteiger partial charge in [0, 0.05) is 17.5 Å². The predicted octanol–water partition coefficient (Wildman–Crippen LogP) is 6.08. The lowest BCUT2D eigenvalue weighted by molar-refractivity contribution is -0.384. The Hall–Kier alpha value is -4.96.